The molecule has 0 saturated heterocycles. The van der Waals surface area contributed by atoms with Crippen molar-refractivity contribution in [3.63, 3.8) is 0 Å². The van der Waals surface area contributed by atoms with Crippen LogP contribution in [0.3, 0.4) is 0 Å². The number of benzene rings is 1. The fourth-order valence-corrected chi connectivity index (χ4v) is 3.09. The van der Waals surface area contributed by atoms with Crippen LogP contribution in [-0.4, -0.2) is 19.1 Å². The molecule has 0 atom stereocenters. The predicted octanol–water partition coefficient (Wildman–Crippen LogP) is 4.19. The van der Waals surface area contributed by atoms with Crippen molar-refractivity contribution in [1.29, 1.82) is 0 Å². The Morgan fingerprint density at radius 2 is 2.00 bits per heavy atom. The quantitative estimate of drug-likeness (QED) is 0.855. The first kappa shape index (κ1) is 16.9. The molecule has 1 aliphatic carbocycles. The van der Waals surface area contributed by atoms with Crippen LogP contribution in [-0.2, 0) is 4.79 Å². The maximum atomic E-state index is 12.0. The maximum absolute atomic E-state index is 12.0. The van der Waals surface area contributed by atoms with Crippen molar-refractivity contribution in [3.8, 4) is 5.75 Å². The summed E-state index contributed by atoms with van der Waals surface area (Å²) in [6.45, 7) is 7.23. The average Bonchev–Trinajstić information content (AvgIpc) is 2.51. The molecule has 1 aliphatic rings. The third-order valence-electron chi connectivity index (χ3n) is 4.46. The van der Waals surface area contributed by atoms with E-state index in [1.165, 1.54) is 32.1 Å². The van der Waals surface area contributed by atoms with Crippen LogP contribution in [0, 0.1) is 12.8 Å². The molecule has 22 heavy (non-hydrogen) atoms. The third kappa shape index (κ3) is 5.04. The summed E-state index contributed by atoms with van der Waals surface area (Å²) in [6, 6.07) is 6.20. The van der Waals surface area contributed by atoms with Gasteiger partial charge in [0.25, 0.3) is 5.91 Å². The Kier molecular flexibility index (Phi) is 6.29. The summed E-state index contributed by atoms with van der Waals surface area (Å²) in [4.78, 5) is 12.0. The molecule has 0 radical (unpaired) electrons. The van der Waals surface area contributed by atoms with Crippen molar-refractivity contribution in [2.45, 2.75) is 58.8 Å². The Bertz CT molecular complexity index is 490. The molecule has 3 heteroatoms. The molecule has 1 amide bonds. The van der Waals surface area contributed by atoms with E-state index in [4.69, 9.17) is 4.74 Å². The highest BCUT2D eigenvalue weighted by molar-refractivity contribution is 5.77. The number of nitrogens with one attached hydrogen (secondary N) is 1. The summed E-state index contributed by atoms with van der Waals surface area (Å²) in [6.07, 6.45) is 6.45. The van der Waals surface area contributed by atoms with Gasteiger partial charge >= 0.3 is 0 Å². The van der Waals surface area contributed by atoms with Crippen molar-refractivity contribution in [2.75, 3.05) is 13.2 Å². The van der Waals surface area contributed by atoms with Crippen molar-refractivity contribution in [2.24, 2.45) is 5.92 Å². The molecule has 1 saturated carbocycles. The number of rotatable bonds is 6. The largest absolute Gasteiger partial charge is 0.483 e. The van der Waals surface area contributed by atoms with E-state index < -0.39 is 0 Å². The van der Waals surface area contributed by atoms with Crippen LogP contribution in [0.5, 0.6) is 5.75 Å². The molecular formula is C19H29NO2. The van der Waals surface area contributed by atoms with E-state index in [1.807, 2.05) is 13.0 Å². The van der Waals surface area contributed by atoms with Crippen LogP contribution in [0.1, 0.15) is 63.0 Å². The van der Waals surface area contributed by atoms with Crippen LogP contribution in [0.2, 0.25) is 0 Å². The van der Waals surface area contributed by atoms with Crippen LogP contribution in [0.4, 0.5) is 0 Å². The van der Waals surface area contributed by atoms with Gasteiger partial charge in [0.2, 0.25) is 0 Å². The van der Waals surface area contributed by atoms with Crippen molar-refractivity contribution in [3.05, 3.63) is 29.3 Å². The zero-order chi connectivity index (χ0) is 15.9. The first-order valence-electron chi connectivity index (χ1n) is 8.56. The fraction of sp³-hybridized carbons (Fsp3) is 0.632. The van der Waals surface area contributed by atoms with Crippen molar-refractivity contribution < 1.29 is 9.53 Å². The van der Waals surface area contributed by atoms with Gasteiger partial charge in [0.1, 0.15) is 5.75 Å². The first-order valence-corrected chi connectivity index (χ1v) is 8.56. The highest BCUT2D eigenvalue weighted by Gasteiger charge is 2.15. The monoisotopic (exact) mass is 303 g/mol. The summed E-state index contributed by atoms with van der Waals surface area (Å²) >= 11 is 0. The summed E-state index contributed by atoms with van der Waals surface area (Å²) in [5.74, 6) is 1.87. The summed E-state index contributed by atoms with van der Waals surface area (Å²) in [5, 5.41) is 3.02. The Hall–Kier alpha value is -1.51. The molecule has 1 aromatic rings. The minimum atomic E-state index is -0.0122. The lowest BCUT2D eigenvalue weighted by Crippen LogP contribution is -2.33. The Balaban J connectivity index is 1.81. The molecule has 0 aliphatic heterocycles. The van der Waals surface area contributed by atoms with Crippen LogP contribution in [0.25, 0.3) is 0 Å². The smallest absolute Gasteiger partial charge is 0.257 e. The van der Waals surface area contributed by atoms with Gasteiger partial charge in [-0.25, -0.2) is 0 Å². The number of carbonyl (C=O) groups excluding carboxylic acids is 1. The van der Waals surface area contributed by atoms with Crippen LogP contribution >= 0.6 is 0 Å². The molecular weight excluding hydrogens is 274 g/mol. The number of ether oxygens (including phenoxy) is 1. The van der Waals surface area contributed by atoms with E-state index in [1.54, 1.807) is 0 Å². The molecule has 3 nitrogen and oxygen atoms in total. The lowest BCUT2D eigenvalue weighted by Gasteiger charge is -2.21. The SMILES string of the molecule is Cc1ccc(C(C)C)c(OCC(=O)NCC2CCCCC2)c1. The zero-order valence-corrected chi connectivity index (χ0v) is 14.2. The fourth-order valence-electron chi connectivity index (χ4n) is 3.09. The minimum Gasteiger partial charge on any atom is -0.483 e. The maximum Gasteiger partial charge on any atom is 0.257 e. The molecule has 2 rings (SSSR count). The number of aryl methyl sites for hydroxylation is 1. The van der Waals surface area contributed by atoms with Gasteiger partial charge in [0, 0.05) is 6.54 Å². The zero-order valence-electron chi connectivity index (χ0n) is 14.2. The van der Waals surface area contributed by atoms with E-state index >= 15 is 0 Å². The van der Waals surface area contributed by atoms with Gasteiger partial charge in [-0.05, 0) is 48.8 Å². The van der Waals surface area contributed by atoms with Crippen LogP contribution in [0.15, 0.2) is 18.2 Å². The molecule has 0 bridgehead atoms. The molecule has 0 aromatic heterocycles. The molecule has 122 valence electrons. The number of carbonyl (C=O) groups is 1. The van der Waals surface area contributed by atoms with Gasteiger partial charge < -0.3 is 10.1 Å². The molecule has 0 unspecified atom stereocenters. The van der Waals surface area contributed by atoms with E-state index in [9.17, 15) is 4.79 Å². The average molecular weight is 303 g/mol. The molecule has 1 aromatic carbocycles. The Morgan fingerprint density at radius 1 is 1.27 bits per heavy atom. The first-order chi connectivity index (χ1) is 10.6. The van der Waals surface area contributed by atoms with Crippen molar-refractivity contribution in [1.82, 2.24) is 5.32 Å². The lowest BCUT2D eigenvalue weighted by atomic mass is 9.89. The molecule has 0 heterocycles. The van der Waals surface area contributed by atoms with Crippen molar-refractivity contribution >= 4 is 5.91 Å². The minimum absolute atomic E-state index is 0.0122. The highest BCUT2D eigenvalue weighted by Crippen LogP contribution is 2.27. The highest BCUT2D eigenvalue weighted by atomic mass is 16.5. The lowest BCUT2D eigenvalue weighted by molar-refractivity contribution is -0.123. The molecule has 0 spiro atoms. The second-order valence-electron chi connectivity index (χ2n) is 6.79. The Morgan fingerprint density at radius 3 is 2.68 bits per heavy atom. The molecule has 1 fully saturated rings. The van der Waals surface area contributed by atoms with Gasteiger partial charge in [-0.1, -0.05) is 45.2 Å². The standard InChI is InChI=1S/C19H29NO2/c1-14(2)17-10-9-15(3)11-18(17)22-13-19(21)20-12-16-7-5-4-6-8-16/h9-11,14,16H,4-8,12-13H2,1-3H3,(H,20,21). The van der Waals surface area contributed by atoms with Gasteiger partial charge in [-0.3, -0.25) is 4.79 Å². The molecule has 1 N–H and O–H groups in total. The summed E-state index contributed by atoms with van der Waals surface area (Å²) < 4.78 is 5.77. The second-order valence-corrected chi connectivity index (χ2v) is 6.79. The topological polar surface area (TPSA) is 38.3 Å². The number of amides is 1. The van der Waals surface area contributed by atoms with E-state index in [2.05, 4.69) is 31.3 Å². The summed E-state index contributed by atoms with van der Waals surface area (Å²) in [7, 11) is 0. The van der Waals surface area contributed by atoms with Gasteiger partial charge in [0.15, 0.2) is 6.61 Å². The van der Waals surface area contributed by atoms with E-state index in [0.717, 1.165) is 23.4 Å². The number of hydrogen-bond donors (Lipinski definition) is 1. The second kappa shape index (κ2) is 8.21. The predicted molar refractivity (Wildman–Crippen MR) is 90.3 cm³/mol. The van der Waals surface area contributed by atoms with Crippen LogP contribution < -0.4 is 10.1 Å². The normalized spacial score (nSPS) is 15.8. The third-order valence-corrected chi connectivity index (χ3v) is 4.46. The van der Waals surface area contributed by atoms with Gasteiger partial charge in [-0.2, -0.15) is 0 Å². The van der Waals surface area contributed by atoms with Gasteiger partial charge in [0.05, 0.1) is 0 Å². The Labute approximate surface area is 134 Å². The van der Waals surface area contributed by atoms with E-state index in [-0.39, 0.29) is 12.5 Å². The van der Waals surface area contributed by atoms with Gasteiger partial charge in [-0.15, -0.1) is 0 Å². The summed E-state index contributed by atoms with van der Waals surface area (Å²) in [5.41, 5.74) is 2.31. The van der Waals surface area contributed by atoms with E-state index in [0.29, 0.717) is 11.8 Å². The number of hydrogen-bond acceptors (Lipinski definition) is 2.